The molecule has 1 aromatic carbocycles. The first-order chi connectivity index (χ1) is 8.11. The predicted octanol–water partition coefficient (Wildman–Crippen LogP) is 1.51. The molecule has 0 saturated heterocycles. The first-order valence-electron chi connectivity index (χ1n) is 5.34. The van der Waals surface area contributed by atoms with E-state index in [1.54, 1.807) is 17.9 Å². The minimum atomic E-state index is 0.187. The molecule has 0 fully saturated rings. The van der Waals surface area contributed by atoms with Crippen molar-refractivity contribution in [2.24, 2.45) is 0 Å². The van der Waals surface area contributed by atoms with Gasteiger partial charge < -0.3 is 10.5 Å². The number of nitrogens with zero attached hydrogens (tertiary/aromatic N) is 4. The Labute approximate surface area is 99.4 Å². The van der Waals surface area contributed by atoms with E-state index in [0.717, 1.165) is 5.56 Å². The van der Waals surface area contributed by atoms with Crippen LogP contribution in [0.25, 0.3) is 11.4 Å². The van der Waals surface area contributed by atoms with Crippen molar-refractivity contribution >= 4 is 5.69 Å². The molecule has 0 atom stereocenters. The Kier molecular flexibility index (Phi) is 2.95. The summed E-state index contributed by atoms with van der Waals surface area (Å²) in [7, 11) is 1.60. The summed E-state index contributed by atoms with van der Waals surface area (Å²) in [6, 6.07) is 5.63. The summed E-state index contributed by atoms with van der Waals surface area (Å²) < 4.78 is 6.92. The molecule has 0 radical (unpaired) electrons. The third-order valence-corrected chi connectivity index (χ3v) is 2.40. The molecule has 6 heteroatoms. The highest BCUT2D eigenvalue weighted by molar-refractivity contribution is 5.64. The second-order valence-electron chi connectivity index (χ2n) is 4.04. The molecule has 2 aromatic rings. The summed E-state index contributed by atoms with van der Waals surface area (Å²) in [6.45, 7) is 4.03. The zero-order chi connectivity index (χ0) is 12.4. The largest absolute Gasteiger partial charge is 0.497 e. The minimum absolute atomic E-state index is 0.187. The predicted molar refractivity (Wildman–Crippen MR) is 64.6 cm³/mol. The normalized spacial score (nSPS) is 10.8. The molecule has 1 heterocycles. The highest BCUT2D eigenvalue weighted by atomic mass is 16.5. The van der Waals surface area contributed by atoms with Gasteiger partial charge in [0.25, 0.3) is 0 Å². The van der Waals surface area contributed by atoms with E-state index in [0.29, 0.717) is 17.3 Å². The lowest BCUT2D eigenvalue weighted by Gasteiger charge is -2.09. The van der Waals surface area contributed by atoms with Crippen molar-refractivity contribution in [3.63, 3.8) is 0 Å². The molecule has 0 amide bonds. The van der Waals surface area contributed by atoms with Gasteiger partial charge in [0.1, 0.15) is 5.75 Å². The van der Waals surface area contributed by atoms with E-state index in [9.17, 15) is 0 Å². The first kappa shape index (κ1) is 11.4. The van der Waals surface area contributed by atoms with Gasteiger partial charge in [-0.05, 0) is 36.4 Å². The molecule has 2 N–H and O–H groups in total. The smallest absolute Gasteiger partial charge is 0.182 e. The second kappa shape index (κ2) is 4.40. The molecule has 0 bridgehead atoms. The number of anilines is 1. The van der Waals surface area contributed by atoms with Crippen LogP contribution in [0, 0.1) is 0 Å². The fraction of sp³-hybridized carbons (Fsp3) is 0.364. The maximum absolute atomic E-state index is 5.81. The number of rotatable bonds is 3. The molecule has 6 nitrogen and oxygen atoms in total. The van der Waals surface area contributed by atoms with Gasteiger partial charge in [0.05, 0.1) is 13.2 Å². The Balaban J connectivity index is 2.52. The molecule has 1 aromatic heterocycles. The van der Waals surface area contributed by atoms with Gasteiger partial charge in [-0.25, -0.2) is 4.68 Å². The molecule has 0 spiro atoms. The number of nitrogen functional groups attached to an aromatic ring is 1. The Morgan fingerprint density at radius 1 is 1.29 bits per heavy atom. The Morgan fingerprint density at radius 3 is 2.71 bits per heavy atom. The van der Waals surface area contributed by atoms with Crippen LogP contribution in [0.1, 0.15) is 19.9 Å². The van der Waals surface area contributed by atoms with E-state index in [1.165, 1.54) is 0 Å². The Hall–Kier alpha value is -2.11. The van der Waals surface area contributed by atoms with Crippen molar-refractivity contribution in [1.29, 1.82) is 0 Å². The minimum Gasteiger partial charge on any atom is -0.497 e. The van der Waals surface area contributed by atoms with Crippen molar-refractivity contribution in [3.05, 3.63) is 18.2 Å². The van der Waals surface area contributed by atoms with Crippen LogP contribution < -0.4 is 10.5 Å². The molecule has 2 rings (SSSR count). The highest BCUT2D eigenvalue weighted by Crippen LogP contribution is 2.26. The third kappa shape index (κ3) is 2.20. The molecular formula is C11H15N5O. The monoisotopic (exact) mass is 233 g/mol. The zero-order valence-corrected chi connectivity index (χ0v) is 10.1. The SMILES string of the molecule is COc1cc(N)cc(-c2nnnn2C(C)C)c1. The van der Waals surface area contributed by atoms with E-state index in [2.05, 4.69) is 15.5 Å². The van der Waals surface area contributed by atoms with Gasteiger partial charge in [-0.1, -0.05) is 0 Å². The van der Waals surface area contributed by atoms with E-state index in [4.69, 9.17) is 10.5 Å². The fourth-order valence-electron chi connectivity index (χ4n) is 1.60. The van der Waals surface area contributed by atoms with Crippen LogP contribution in [0.3, 0.4) is 0 Å². The van der Waals surface area contributed by atoms with Gasteiger partial charge in [-0.2, -0.15) is 0 Å². The number of hydrogen-bond acceptors (Lipinski definition) is 5. The molecule has 0 aliphatic rings. The zero-order valence-electron chi connectivity index (χ0n) is 10.1. The number of aromatic nitrogens is 4. The standard InChI is InChI=1S/C11H15N5O/c1-7(2)16-11(13-14-15-16)8-4-9(12)6-10(5-8)17-3/h4-7H,12H2,1-3H3. The second-order valence-corrected chi connectivity index (χ2v) is 4.04. The third-order valence-electron chi connectivity index (χ3n) is 2.40. The lowest BCUT2D eigenvalue weighted by Crippen LogP contribution is -2.05. The van der Waals surface area contributed by atoms with Crippen molar-refractivity contribution in [2.75, 3.05) is 12.8 Å². The van der Waals surface area contributed by atoms with Crippen LogP contribution in [-0.4, -0.2) is 27.3 Å². The van der Waals surface area contributed by atoms with Gasteiger partial charge >= 0.3 is 0 Å². The molecule has 0 saturated carbocycles. The molecular weight excluding hydrogens is 218 g/mol. The van der Waals surface area contributed by atoms with Crippen molar-refractivity contribution in [3.8, 4) is 17.1 Å². The summed E-state index contributed by atoms with van der Waals surface area (Å²) in [6.07, 6.45) is 0. The molecule has 0 aliphatic heterocycles. The Bertz CT molecular complexity index is 520. The highest BCUT2D eigenvalue weighted by Gasteiger charge is 2.12. The summed E-state index contributed by atoms with van der Waals surface area (Å²) in [5, 5.41) is 11.7. The summed E-state index contributed by atoms with van der Waals surface area (Å²) >= 11 is 0. The molecule has 17 heavy (non-hydrogen) atoms. The summed E-state index contributed by atoms with van der Waals surface area (Å²) in [5.74, 6) is 1.38. The average molecular weight is 233 g/mol. The van der Waals surface area contributed by atoms with Crippen molar-refractivity contribution < 1.29 is 4.74 Å². The molecule has 0 aliphatic carbocycles. The number of hydrogen-bond donors (Lipinski definition) is 1. The maximum atomic E-state index is 5.81. The average Bonchev–Trinajstić information content (AvgIpc) is 2.77. The van der Waals surface area contributed by atoms with Crippen LogP contribution >= 0.6 is 0 Å². The number of methoxy groups -OCH3 is 1. The number of ether oxygens (including phenoxy) is 1. The topological polar surface area (TPSA) is 78.8 Å². The number of benzene rings is 1. The van der Waals surface area contributed by atoms with Gasteiger partial charge in [0, 0.05) is 17.3 Å². The van der Waals surface area contributed by atoms with Crippen LogP contribution in [-0.2, 0) is 0 Å². The summed E-state index contributed by atoms with van der Waals surface area (Å²) in [4.78, 5) is 0. The van der Waals surface area contributed by atoms with Crippen LogP contribution in [0.4, 0.5) is 5.69 Å². The molecule has 0 unspecified atom stereocenters. The van der Waals surface area contributed by atoms with E-state index >= 15 is 0 Å². The van der Waals surface area contributed by atoms with Crippen molar-refractivity contribution in [1.82, 2.24) is 20.2 Å². The van der Waals surface area contributed by atoms with Gasteiger partial charge in [0.15, 0.2) is 5.82 Å². The van der Waals surface area contributed by atoms with Crippen LogP contribution in [0.15, 0.2) is 18.2 Å². The first-order valence-corrected chi connectivity index (χ1v) is 5.34. The quantitative estimate of drug-likeness (QED) is 0.813. The van der Waals surface area contributed by atoms with Crippen LogP contribution in [0.5, 0.6) is 5.75 Å². The maximum Gasteiger partial charge on any atom is 0.182 e. The van der Waals surface area contributed by atoms with Crippen molar-refractivity contribution in [2.45, 2.75) is 19.9 Å². The Morgan fingerprint density at radius 2 is 2.06 bits per heavy atom. The fourth-order valence-corrected chi connectivity index (χ4v) is 1.60. The van der Waals surface area contributed by atoms with Crippen LogP contribution in [0.2, 0.25) is 0 Å². The van der Waals surface area contributed by atoms with Gasteiger partial charge in [-0.3, -0.25) is 0 Å². The van der Waals surface area contributed by atoms with E-state index in [-0.39, 0.29) is 6.04 Å². The summed E-state index contributed by atoms with van der Waals surface area (Å²) in [5.41, 5.74) is 7.28. The van der Waals surface area contributed by atoms with E-state index in [1.807, 2.05) is 26.0 Å². The number of nitrogens with two attached hydrogens (primary N) is 1. The lowest BCUT2D eigenvalue weighted by molar-refractivity contribution is 0.415. The van der Waals surface area contributed by atoms with E-state index < -0.39 is 0 Å². The lowest BCUT2D eigenvalue weighted by atomic mass is 10.1. The van der Waals surface area contributed by atoms with Gasteiger partial charge in [-0.15, -0.1) is 5.10 Å². The molecule has 90 valence electrons. The van der Waals surface area contributed by atoms with Gasteiger partial charge in [0.2, 0.25) is 0 Å². The number of tetrazole rings is 1.